The van der Waals surface area contributed by atoms with Gasteiger partial charge in [0.2, 0.25) is 0 Å². The quantitative estimate of drug-likeness (QED) is 0.461. The van der Waals surface area contributed by atoms with Gasteiger partial charge in [0.05, 0.1) is 12.9 Å². The Morgan fingerprint density at radius 1 is 1.45 bits per heavy atom. The molecule has 0 saturated heterocycles. The van der Waals surface area contributed by atoms with Gasteiger partial charge in [-0.15, -0.1) is 0 Å². The molecule has 3 heteroatoms. The standard InChI is InChI=1S/C8H14N2O/c1-11-8-4-2-3-7(10-9)5-6-8/h5-6,10H,2-4,9H2,1H3. The van der Waals surface area contributed by atoms with Crippen LogP contribution in [0.4, 0.5) is 0 Å². The minimum absolute atomic E-state index is 0.998. The molecule has 0 aliphatic heterocycles. The summed E-state index contributed by atoms with van der Waals surface area (Å²) in [6.07, 6.45) is 7.02. The van der Waals surface area contributed by atoms with Crippen LogP contribution in [0.25, 0.3) is 0 Å². The van der Waals surface area contributed by atoms with Crippen molar-refractivity contribution in [2.45, 2.75) is 19.3 Å². The minimum Gasteiger partial charge on any atom is -0.501 e. The number of allylic oxidation sites excluding steroid dienone is 4. The second kappa shape index (κ2) is 4.03. The molecule has 0 aromatic rings. The van der Waals surface area contributed by atoms with E-state index >= 15 is 0 Å². The Morgan fingerprint density at radius 3 is 2.91 bits per heavy atom. The lowest BCUT2D eigenvalue weighted by Crippen LogP contribution is -2.20. The lowest BCUT2D eigenvalue weighted by atomic mass is 10.2. The number of hydrazine groups is 1. The summed E-state index contributed by atoms with van der Waals surface area (Å²) in [7, 11) is 1.69. The Morgan fingerprint density at radius 2 is 2.27 bits per heavy atom. The first-order chi connectivity index (χ1) is 5.36. The fraction of sp³-hybridized carbons (Fsp3) is 0.500. The molecule has 0 unspecified atom stereocenters. The molecule has 0 aromatic heterocycles. The minimum atomic E-state index is 0.998. The van der Waals surface area contributed by atoms with Gasteiger partial charge in [-0.25, -0.2) is 0 Å². The zero-order valence-corrected chi connectivity index (χ0v) is 6.76. The van der Waals surface area contributed by atoms with E-state index in [9.17, 15) is 0 Å². The predicted molar refractivity (Wildman–Crippen MR) is 44.3 cm³/mol. The van der Waals surface area contributed by atoms with Gasteiger partial charge in [0.15, 0.2) is 0 Å². The summed E-state index contributed by atoms with van der Waals surface area (Å²) in [5.74, 6) is 6.29. The Balaban J connectivity index is 2.60. The smallest absolute Gasteiger partial charge is 0.0956 e. The molecule has 11 heavy (non-hydrogen) atoms. The SMILES string of the molecule is COC1=CC=C(NN)CCC1. The first kappa shape index (κ1) is 8.14. The summed E-state index contributed by atoms with van der Waals surface area (Å²) >= 11 is 0. The lowest BCUT2D eigenvalue weighted by molar-refractivity contribution is 0.276. The highest BCUT2D eigenvalue weighted by molar-refractivity contribution is 5.16. The van der Waals surface area contributed by atoms with E-state index < -0.39 is 0 Å². The van der Waals surface area contributed by atoms with E-state index in [0.29, 0.717) is 0 Å². The van der Waals surface area contributed by atoms with Gasteiger partial charge in [-0.05, 0) is 25.0 Å². The number of nitrogens with two attached hydrogens (primary N) is 1. The summed E-state index contributed by atoms with van der Waals surface area (Å²) in [6, 6.07) is 0. The number of nitrogens with one attached hydrogen (secondary N) is 1. The van der Waals surface area contributed by atoms with Crippen LogP contribution in [0, 0.1) is 0 Å². The second-order valence-corrected chi connectivity index (χ2v) is 2.53. The Kier molecular flexibility index (Phi) is 2.98. The van der Waals surface area contributed by atoms with E-state index in [1.807, 2.05) is 12.2 Å². The van der Waals surface area contributed by atoms with Crippen molar-refractivity contribution < 1.29 is 4.74 Å². The maximum absolute atomic E-state index is 5.27. The van der Waals surface area contributed by atoms with Crippen molar-refractivity contribution in [3.05, 3.63) is 23.6 Å². The Hall–Kier alpha value is -0.960. The van der Waals surface area contributed by atoms with Crippen LogP contribution >= 0.6 is 0 Å². The molecule has 0 radical (unpaired) electrons. The Bertz CT molecular complexity index is 165. The van der Waals surface area contributed by atoms with Gasteiger partial charge in [-0.2, -0.15) is 0 Å². The number of rotatable bonds is 2. The van der Waals surface area contributed by atoms with Crippen LogP contribution < -0.4 is 11.3 Å². The normalized spacial score (nSPS) is 18.0. The summed E-state index contributed by atoms with van der Waals surface area (Å²) in [4.78, 5) is 0. The zero-order chi connectivity index (χ0) is 8.10. The molecule has 0 saturated carbocycles. The third kappa shape index (κ3) is 2.27. The summed E-state index contributed by atoms with van der Waals surface area (Å²) < 4.78 is 5.11. The Labute approximate surface area is 66.9 Å². The fourth-order valence-electron chi connectivity index (χ4n) is 1.10. The largest absolute Gasteiger partial charge is 0.501 e. The van der Waals surface area contributed by atoms with Crippen molar-refractivity contribution in [2.24, 2.45) is 5.84 Å². The topological polar surface area (TPSA) is 47.3 Å². The van der Waals surface area contributed by atoms with Gasteiger partial charge in [-0.3, -0.25) is 5.84 Å². The third-order valence-electron chi connectivity index (χ3n) is 1.79. The molecular weight excluding hydrogens is 140 g/mol. The summed E-state index contributed by atoms with van der Waals surface area (Å²) in [5.41, 5.74) is 3.72. The molecule has 0 aromatic carbocycles. The van der Waals surface area contributed by atoms with Crippen molar-refractivity contribution in [2.75, 3.05) is 7.11 Å². The van der Waals surface area contributed by atoms with Gasteiger partial charge in [0, 0.05) is 12.1 Å². The summed E-state index contributed by atoms with van der Waals surface area (Å²) in [6.45, 7) is 0. The van der Waals surface area contributed by atoms with Crippen LogP contribution in [-0.4, -0.2) is 7.11 Å². The van der Waals surface area contributed by atoms with Gasteiger partial charge < -0.3 is 10.2 Å². The first-order valence-corrected chi connectivity index (χ1v) is 3.77. The van der Waals surface area contributed by atoms with Gasteiger partial charge >= 0.3 is 0 Å². The molecule has 1 rings (SSSR count). The van der Waals surface area contributed by atoms with Gasteiger partial charge in [0.25, 0.3) is 0 Å². The average Bonchev–Trinajstić information content (AvgIpc) is 2.28. The van der Waals surface area contributed by atoms with Crippen LogP contribution in [-0.2, 0) is 4.74 Å². The molecule has 0 amide bonds. The van der Waals surface area contributed by atoms with Crippen LogP contribution in [0.3, 0.4) is 0 Å². The number of hydrogen-bond donors (Lipinski definition) is 2. The molecule has 0 heterocycles. The zero-order valence-electron chi connectivity index (χ0n) is 6.76. The molecule has 1 aliphatic rings. The molecule has 0 spiro atoms. The number of ether oxygens (including phenoxy) is 1. The maximum Gasteiger partial charge on any atom is 0.0956 e. The molecular formula is C8H14N2O. The molecule has 0 fully saturated rings. The van der Waals surface area contributed by atoms with E-state index in [1.165, 1.54) is 0 Å². The van der Waals surface area contributed by atoms with Crippen molar-refractivity contribution in [1.29, 1.82) is 0 Å². The molecule has 0 atom stereocenters. The molecule has 1 aliphatic carbocycles. The second-order valence-electron chi connectivity index (χ2n) is 2.53. The van der Waals surface area contributed by atoms with Gasteiger partial charge in [0.1, 0.15) is 0 Å². The van der Waals surface area contributed by atoms with Crippen molar-refractivity contribution in [3.8, 4) is 0 Å². The van der Waals surface area contributed by atoms with Crippen LogP contribution in [0.1, 0.15) is 19.3 Å². The lowest BCUT2D eigenvalue weighted by Gasteiger charge is -2.02. The molecule has 3 nitrogen and oxygen atoms in total. The van der Waals surface area contributed by atoms with E-state index in [1.54, 1.807) is 7.11 Å². The van der Waals surface area contributed by atoms with Crippen molar-refractivity contribution in [3.63, 3.8) is 0 Å². The fourth-order valence-corrected chi connectivity index (χ4v) is 1.10. The van der Waals surface area contributed by atoms with Crippen LogP contribution in [0.15, 0.2) is 23.6 Å². The first-order valence-electron chi connectivity index (χ1n) is 3.77. The van der Waals surface area contributed by atoms with Crippen molar-refractivity contribution >= 4 is 0 Å². The third-order valence-corrected chi connectivity index (χ3v) is 1.79. The maximum atomic E-state index is 5.27. The van der Waals surface area contributed by atoms with E-state index in [-0.39, 0.29) is 0 Å². The highest BCUT2D eigenvalue weighted by Crippen LogP contribution is 2.15. The average molecular weight is 154 g/mol. The van der Waals surface area contributed by atoms with Gasteiger partial charge in [-0.1, -0.05) is 0 Å². The van der Waals surface area contributed by atoms with E-state index in [0.717, 1.165) is 30.7 Å². The predicted octanol–water partition coefficient (Wildman–Crippen LogP) is 1.05. The monoisotopic (exact) mass is 154 g/mol. The summed E-state index contributed by atoms with van der Waals surface area (Å²) in [5, 5.41) is 0. The number of hydrogen-bond acceptors (Lipinski definition) is 3. The highest BCUT2D eigenvalue weighted by atomic mass is 16.5. The molecule has 0 bridgehead atoms. The molecule has 3 N–H and O–H groups in total. The number of methoxy groups -OCH3 is 1. The van der Waals surface area contributed by atoms with Crippen LogP contribution in [0.2, 0.25) is 0 Å². The highest BCUT2D eigenvalue weighted by Gasteiger charge is 2.02. The van der Waals surface area contributed by atoms with Crippen molar-refractivity contribution in [1.82, 2.24) is 5.43 Å². The van der Waals surface area contributed by atoms with E-state index in [2.05, 4.69) is 5.43 Å². The van der Waals surface area contributed by atoms with E-state index in [4.69, 9.17) is 10.6 Å². The molecule has 62 valence electrons. The van der Waals surface area contributed by atoms with Crippen LogP contribution in [0.5, 0.6) is 0 Å².